The van der Waals surface area contributed by atoms with Crippen molar-refractivity contribution in [2.45, 2.75) is 20.4 Å². The summed E-state index contributed by atoms with van der Waals surface area (Å²) in [6, 6.07) is 11.3. The van der Waals surface area contributed by atoms with E-state index in [1.165, 1.54) is 0 Å². The van der Waals surface area contributed by atoms with E-state index in [-0.39, 0.29) is 0 Å². The molecule has 2 aromatic rings. The van der Waals surface area contributed by atoms with Gasteiger partial charge in [-0.2, -0.15) is 0 Å². The number of aromatic nitrogens is 1. The fraction of sp³-hybridized carbons (Fsp3) is 0.250. The van der Waals surface area contributed by atoms with E-state index in [0.717, 1.165) is 29.9 Å². The van der Waals surface area contributed by atoms with E-state index in [4.69, 9.17) is 11.6 Å². The van der Waals surface area contributed by atoms with Crippen LogP contribution in [0.1, 0.15) is 28.7 Å². The van der Waals surface area contributed by atoms with Gasteiger partial charge in [0.05, 0.1) is 22.9 Å². The lowest BCUT2D eigenvalue weighted by molar-refractivity contribution is 0.112. The molecule has 0 spiro atoms. The van der Waals surface area contributed by atoms with Crippen molar-refractivity contribution in [1.82, 2.24) is 4.98 Å². The zero-order chi connectivity index (χ0) is 14.5. The highest BCUT2D eigenvalue weighted by Gasteiger charge is 2.10. The van der Waals surface area contributed by atoms with E-state index in [0.29, 0.717) is 17.1 Å². The van der Waals surface area contributed by atoms with Crippen LogP contribution in [0, 0.1) is 6.92 Å². The highest BCUT2D eigenvalue weighted by atomic mass is 35.5. The second kappa shape index (κ2) is 6.53. The van der Waals surface area contributed by atoms with Gasteiger partial charge < -0.3 is 4.90 Å². The van der Waals surface area contributed by atoms with Crippen molar-refractivity contribution >= 4 is 23.6 Å². The number of nitrogens with zero attached hydrogens (tertiary/aromatic N) is 2. The zero-order valence-corrected chi connectivity index (χ0v) is 12.4. The number of carbonyl (C=O) groups is 1. The highest BCUT2D eigenvalue weighted by Crippen LogP contribution is 2.27. The molecule has 3 nitrogen and oxygen atoms in total. The molecule has 0 fully saturated rings. The van der Waals surface area contributed by atoms with Crippen LogP contribution in [-0.4, -0.2) is 17.8 Å². The van der Waals surface area contributed by atoms with E-state index in [1.54, 1.807) is 12.1 Å². The summed E-state index contributed by atoms with van der Waals surface area (Å²) < 4.78 is 0. The molecule has 0 bridgehead atoms. The Morgan fingerprint density at radius 2 is 2.10 bits per heavy atom. The number of hydrogen-bond donors (Lipinski definition) is 0. The quantitative estimate of drug-likeness (QED) is 0.783. The molecule has 1 aromatic heterocycles. The summed E-state index contributed by atoms with van der Waals surface area (Å²) in [4.78, 5) is 17.4. The average Bonchev–Trinajstić information content (AvgIpc) is 2.45. The molecule has 0 aliphatic rings. The summed E-state index contributed by atoms with van der Waals surface area (Å²) in [6.45, 7) is 5.56. The van der Waals surface area contributed by atoms with Crippen LogP contribution in [0.3, 0.4) is 0 Å². The molecule has 4 heteroatoms. The first-order valence-electron chi connectivity index (χ1n) is 6.56. The van der Waals surface area contributed by atoms with Crippen molar-refractivity contribution in [3.63, 3.8) is 0 Å². The minimum atomic E-state index is 0.587. The average molecular weight is 289 g/mol. The number of halogens is 1. The molecule has 0 aliphatic carbocycles. The first-order chi connectivity index (χ1) is 9.63. The summed E-state index contributed by atoms with van der Waals surface area (Å²) >= 11 is 6.26. The maximum absolute atomic E-state index is 10.8. The molecule has 0 aliphatic heterocycles. The first-order valence-corrected chi connectivity index (χ1v) is 6.94. The van der Waals surface area contributed by atoms with Gasteiger partial charge in [0.15, 0.2) is 0 Å². The van der Waals surface area contributed by atoms with E-state index >= 15 is 0 Å². The lowest BCUT2D eigenvalue weighted by Gasteiger charge is -2.24. The van der Waals surface area contributed by atoms with Crippen LogP contribution in [0.25, 0.3) is 0 Å². The number of rotatable bonds is 5. The lowest BCUT2D eigenvalue weighted by atomic mass is 10.2. The maximum Gasteiger partial charge on any atom is 0.150 e. The molecule has 0 atom stereocenters. The third-order valence-electron chi connectivity index (χ3n) is 3.13. The smallest absolute Gasteiger partial charge is 0.150 e. The summed E-state index contributed by atoms with van der Waals surface area (Å²) in [6.07, 6.45) is 0.800. The lowest BCUT2D eigenvalue weighted by Crippen LogP contribution is -2.23. The van der Waals surface area contributed by atoms with Crippen LogP contribution in [-0.2, 0) is 6.54 Å². The summed E-state index contributed by atoms with van der Waals surface area (Å²) in [5, 5.41) is 0.587. The number of aryl methyl sites for hydroxylation is 1. The second-order valence-corrected chi connectivity index (χ2v) is 5.02. The topological polar surface area (TPSA) is 33.2 Å². The Morgan fingerprint density at radius 3 is 2.70 bits per heavy atom. The summed E-state index contributed by atoms with van der Waals surface area (Å²) in [5.74, 6) is 0. The molecule has 0 saturated heterocycles. The normalized spacial score (nSPS) is 10.3. The maximum atomic E-state index is 10.8. The Labute approximate surface area is 124 Å². The molecular formula is C16H17ClN2O. The Kier molecular flexibility index (Phi) is 4.74. The molecule has 20 heavy (non-hydrogen) atoms. The van der Waals surface area contributed by atoms with Gasteiger partial charge in [0.25, 0.3) is 0 Å². The van der Waals surface area contributed by atoms with Crippen molar-refractivity contribution in [2.75, 3.05) is 11.4 Å². The number of carbonyl (C=O) groups excluding carboxylic acids is 1. The van der Waals surface area contributed by atoms with Gasteiger partial charge in [-0.05, 0) is 44.2 Å². The van der Waals surface area contributed by atoms with Crippen molar-refractivity contribution < 1.29 is 4.79 Å². The molecule has 1 heterocycles. The third kappa shape index (κ3) is 3.36. The van der Waals surface area contributed by atoms with Gasteiger partial charge in [-0.25, -0.2) is 0 Å². The molecule has 104 valence electrons. The summed E-state index contributed by atoms with van der Waals surface area (Å²) in [7, 11) is 0. The zero-order valence-electron chi connectivity index (χ0n) is 11.6. The van der Waals surface area contributed by atoms with Gasteiger partial charge in [-0.1, -0.05) is 17.7 Å². The van der Waals surface area contributed by atoms with Crippen molar-refractivity contribution in [3.05, 3.63) is 58.4 Å². The molecule has 2 rings (SSSR count). The van der Waals surface area contributed by atoms with Crippen LogP contribution >= 0.6 is 11.6 Å². The monoisotopic (exact) mass is 288 g/mol. The molecular weight excluding hydrogens is 272 g/mol. The Balaban J connectivity index is 2.26. The predicted molar refractivity (Wildman–Crippen MR) is 82.5 cm³/mol. The van der Waals surface area contributed by atoms with Crippen LogP contribution in [0.2, 0.25) is 5.02 Å². The van der Waals surface area contributed by atoms with Gasteiger partial charge in [0.1, 0.15) is 6.29 Å². The fourth-order valence-electron chi connectivity index (χ4n) is 2.10. The number of hydrogen-bond acceptors (Lipinski definition) is 3. The van der Waals surface area contributed by atoms with Crippen molar-refractivity contribution in [2.24, 2.45) is 0 Å². The Hall–Kier alpha value is -1.87. The first kappa shape index (κ1) is 14.5. The van der Waals surface area contributed by atoms with E-state index in [2.05, 4.69) is 16.8 Å². The highest BCUT2D eigenvalue weighted by molar-refractivity contribution is 6.33. The SMILES string of the molecule is CCN(Cc1cccc(C)n1)c1ccc(C=O)cc1Cl. The molecule has 0 saturated carbocycles. The van der Waals surface area contributed by atoms with Crippen LogP contribution in [0.15, 0.2) is 36.4 Å². The van der Waals surface area contributed by atoms with E-state index in [9.17, 15) is 4.79 Å². The van der Waals surface area contributed by atoms with Crippen LogP contribution in [0.4, 0.5) is 5.69 Å². The Morgan fingerprint density at radius 1 is 1.30 bits per heavy atom. The fourth-order valence-corrected chi connectivity index (χ4v) is 2.41. The van der Waals surface area contributed by atoms with Gasteiger partial charge in [0, 0.05) is 17.8 Å². The molecule has 0 N–H and O–H groups in total. The standard InChI is InChI=1S/C16H17ClN2O/c1-3-19(10-14-6-4-5-12(2)18-14)16-8-7-13(11-20)9-15(16)17/h4-9,11H,3,10H2,1-2H3. The van der Waals surface area contributed by atoms with Crippen LogP contribution in [0.5, 0.6) is 0 Å². The minimum absolute atomic E-state index is 0.587. The van der Waals surface area contributed by atoms with Gasteiger partial charge >= 0.3 is 0 Å². The van der Waals surface area contributed by atoms with Gasteiger partial charge in [0.2, 0.25) is 0 Å². The van der Waals surface area contributed by atoms with E-state index < -0.39 is 0 Å². The predicted octanol–water partition coefficient (Wildman–Crippen LogP) is 3.88. The molecule has 1 aromatic carbocycles. The molecule has 0 radical (unpaired) electrons. The van der Waals surface area contributed by atoms with Crippen molar-refractivity contribution in [3.8, 4) is 0 Å². The van der Waals surface area contributed by atoms with Gasteiger partial charge in [-0.3, -0.25) is 9.78 Å². The van der Waals surface area contributed by atoms with Crippen molar-refractivity contribution in [1.29, 1.82) is 0 Å². The number of anilines is 1. The third-order valence-corrected chi connectivity index (χ3v) is 3.43. The Bertz CT molecular complexity index is 613. The number of benzene rings is 1. The van der Waals surface area contributed by atoms with E-state index in [1.807, 2.05) is 31.2 Å². The number of pyridine rings is 1. The summed E-state index contributed by atoms with van der Waals surface area (Å²) in [5.41, 5.74) is 3.51. The largest absolute Gasteiger partial charge is 0.365 e. The molecule has 0 unspecified atom stereocenters. The minimum Gasteiger partial charge on any atom is -0.365 e. The number of aldehydes is 1. The van der Waals surface area contributed by atoms with Crippen LogP contribution < -0.4 is 4.90 Å². The molecule has 0 amide bonds. The second-order valence-electron chi connectivity index (χ2n) is 4.61. The van der Waals surface area contributed by atoms with Gasteiger partial charge in [-0.15, -0.1) is 0 Å².